The lowest BCUT2D eigenvalue weighted by Gasteiger charge is -2.16. The van der Waals surface area contributed by atoms with Gasteiger partial charge in [0.15, 0.2) is 11.6 Å². The predicted octanol–water partition coefficient (Wildman–Crippen LogP) is 3.31. The summed E-state index contributed by atoms with van der Waals surface area (Å²) in [6.07, 6.45) is 4.10. The standard InChI is InChI=1S/C14H15F2NO/c1-2-4-9-10(6-7-11(15)13(9)16)14(18)12-5-3-8-17-12/h3,6-8,14,18H,2,4-5H2,1H3. The summed E-state index contributed by atoms with van der Waals surface area (Å²) in [5.41, 5.74) is 1.23. The van der Waals surface area contributed by atoms with Gasteiger partial charge in [-0.15, -0.1) is 0 Å². The average molecular weight is 251 g/mol. The molecule has 1 aliphatic rings. The molecule has 18 heavy (non-hydrogen) atoms. The lowest BCUT2D eigenvalue weighted by molar-refractivity contribution is 0.243. The van der Waals surface area contributed by atoms with Crippen molar-refractivity contribution in [3.63, 3.8) is 0 Å². The summed E-state index contributed by atoms with van der Waals surface area (Å²) in [6.45, 7) is 1.88. The molecule has 0 spiro atoms. The van der Waals surface area contributed by atoms with Gasteiger partial charge in [-0.05, 0) is 23.6 Å². The Morgan fingerprint density at radius 2 is 2.17 bits per heavy atom. The van der Waals surface area contributed by atoms with E-state index in [1.807, 2.05) is 13.0 Å². The molecule has 0 bridgehead atoms. The molecule has 1 aromatic carbocycles. The molecule has 1 heterocycles. The minimum Gasteiger partial charge on any atom is -0.382 e. The van der Waals surface area contributed by atoms with Gasteiger partial charge >= 0.3 is 0 Å². The first-order valence-corrected chi connectivity index (χ1v) is 6.01. The van der Waals surface area contributed by atoms with E-state index in [-0.39, 0.29) is 5.56 Å². The second-order valence-corrected chi connectivity index (χ2v) is 4.29. The van der Waals surface area contributed by atoms with Crippen molar-refractivity contribution in [3.05, 3.63) is 47.2 Å². The zero-order valence-corrected chi connectivity index (χ0v) is 10.2. The molecule has 2 rings (SSSR count). The van der Waals surface area contributed by atoms with Crippen LogP contribution in [0.15, 0.2) is 29.4 Å². The normalized spacial score (nSPS) is 15.9. The van der Waals surface area contributed by atoms with Gasteiger partial charge in [0, 0.05) is 12.6 Å². The third-order valence-electron chi connectivity index (χ3n) is 3.02. The second kappa shape index (κ2) is 5.40. The number of nitrogens with zero attached hydrogens (tertiary/aromatic N) is 1. The fraction of sp³-hybridized carbons (Fsp3) is 0.357. The summed E-state index contributed by atoms with van der Waals surface area (Å²) < 4.78 is 27.0. The Balaban J connectivity index is 2.40. The molecule has 0 aliphatic carbocycles. The number of hydrogen-bond acceptors (Lipinski definition) is 2. The molecule has 0 saturated carbocycles. The van der Waals surface area contributed by atoms with Gasteiger partial charge in [0.1, 0.15) is 6.10 Å². The van der Waals surface area contributed by atoms with E-state index in [2.05, 4.69) is 4.99 Å². The molecule has 0 fully saturated rings. The highest BCUT2D eigenvalue weighted by atomic mass is 19.2. The number of aliphatic hydroxyl groups excluding tert-OH is 1. The Morgan fingerprint density at radius 1 is 1.39 bits per heavy atom. The summed E-state index contributed by atoms with van der Waals surface area (Å²) in [7, 11) is 0. The Labute approximate surface area is 105 Å². The molecule has 0 radical (unpaired) electrons. The first kappa shape index (κ1) is 12.9. The molecule has 0 aromatic heterocycles. The van der Waals surface area contributed by atoms with Crippen molar-refractivity contribution in [1.82, 2.24) is 0 Å². The number of hydrogen-bond donors (Lipinski definition) is 1. The minimum absolute atomic E-state index is 0.250. The highest BCUT2D eigenvalue weighted by molar-refractivity contribution is 5.92. The zero-order valence-electron chi connectivity index (χ0n) is 10.2. The molecule has 1 aromatic rings. The van der Waals surface area contributed by atoms with Gasteiger partial charge in [0.25, 0.3) is 0 Å². The summed E-state index contributed by atoms with van der Waals surface area (Å²) in [4.78, 5) is 4.04. The van der Waals surface area contributed by atoms with Crippen LogP contribution in [0.5, 0.6) is 0 Å². The first-order chi connectivity index (χ1) is 8.65. The van der Waals surface area contributed by atoms with Crippen LogP contribution in [0.3, 0.4) is 0 Å². The summed E-state index contributed by atoms with van der Waals surface area (Å²) in [5, 5.41) is 10.2. The third-order valence-corrected chi connectivity index (χ3v) is 3.02. The number of benzene rings is 1. The van der Waals surface area contributed by atoms with Gasteiger partial charge < -0.3 is 5.11 Å². The van der Waals surface area contributed by atoms with Crippen molar-refractivity contribution < 1.29 is 13.9 Å². The summed E-state index contributed by atoms with van der Waals surface area (Å²) >= 11 is 0. The maximum atomic E-state index is 13.8. The van der Waals surface area contributed by atoms with Gasteiger partial charge in [-0.1, -0.05) is 25.5 Å². The highest BCUT2D eigenvalue weighted by Crippen LogP contribution is 2.27. The smallest absolute Gasteiger partial charge is 0.162 e. The predicted molar refractivity (Wildman–Crippen MR) is 66.5 cm³/mol. The Morgan fingerprint density at radius 3 is 2.78 bits per heavy atom. The van der Waals surface area contributed by atoms with Crippen LogP contribution in [0.25, 0.3) is 0 Å². The quantitative estimate of drug-likeness (QED) is 0.874. The third kappa shape index (κ3) is 2.34. The first-order valence-electron chi connectivity index (χ1n) is 6.01. The number of halogens is 2. The second-order valence-electron chi connectivity index (χ2n) is 4.29. The molecule has 4 heteroatoms. The summed E-state index contributed by atoms with van der Waals surface area (Å²) in [5.74, 6) is -1.74. The number of aliphatic hydroxyl groups is 1. The van der Waals surface area contributed by atoms with Gasteiger partial charge in [0.05, 0.1) is 5.71 Å². The van der Waals surface area contributed by atoms with Crippen LogP contribution in [0.1, 0.15) is 37.0 Å². The Hall–Kier alpha value is -1.55. The van der Waals surface area contributed by atoms with Crippen LogP contribution >= 0.6 is 0 Å². The van der Waals surface area contributed by atoms with Gasteiger partial charge in [0.2, 0.25) is 0 Å². The van der Waals surface area contributed by atoms with Crippen LogP contribution in [-0.2, 0) is 6.42 Å². The van der Waals surface area contributed by atoms with Gasteiger partial charge in [-0.2, -0.15) is 0 Å². The van der Waals surface area contributed by atoms with Crippen LogP contribution in [0.4, 0.5) is 8.78 Å². The van der Waals surface area contributed by atoms with Crippen molar-refractivity contribution >= 4 is 5.71 Å². The van der Waals surface area contributed by atoms with E-state index < -0.39 is 17.7 Å². The molecule has 96 valence electrons. The van der Waals surface area contributed by atoms with Crippen LogP contribution in [0.2, 0.25) is 0 Å². The van der Waals surface area contributed by atoms with E-state index in [0.29, 0.717) is 30.5 Å². The molecule has 0 amide bonds. The molecule has 1 N–H and O–H groups in total. The van der Waals surface area contributed by atoms with E-state index in [4.69, 9.17) is 0 Å². The molecular formula is C14H15F2NO. The SMILES string of the molecule is CCCc1c(C(O)C2=NC=CC2)ccc(F)c1F. The van der Waals surface area contributed by atoms with Crippen LogP contribution < -0.4 is 0 Å². The van der Waals surface area contributed by atoms with Gasteiger partial charge in [-0.3, -0.25) is 4.99 Å². The monoisotopic (exact) mass is 251 g/mol. The fourth-order valence-corrected chi connectivity index (χ4v) is 2.10. The van der Waals surface area contributed by atoms with E-state index in [1.165, 1.54) is 6.07 Å². The van der Waals surface area contributed by atoms with Crippen LogP contribution in [-0.4, -0.2) is 10.8 Å². The number of aliphatic imine (C=N–C) groups is 1. The molecule has 2 nitrogen and oxygen atoms in total. The molecule has 1 unspecified atom stereocenters. The maximum absolute atomic E-state index is 13.8. The van der Waals surface area contributed by atoms with E-state index in [9.17, 15) is 13.9 Å². The average Bonchev–Trinajstić information content (AvgIpc) is 2.88. The topological polar surface area (TPSA) is 32.6 Å². The number of rotatable bonds is 4. The lowest BCUT2D eigenvalue weighted by Crippen LogP contribution is -2.14. The summed E-state index contributed by atoms with van der Waals surface area (Å²) in [6, 6.07) is 2.49. The van der Waals surface area contributed by atoms with Crippen molar-refractivity contribution in [2.75, 3.05) is 0 Å². The van der Waals surface area contributed by atoms with Crippen molar-refractivity contribution in [3.8, 4) is 0 Å². The van der Waals surface area contributed by atoms with Crippen molar-refractivity contribution in [2.24, 2.45) is 4.99 Å². The molecule has 1 aliphatic heterocycles. The van der Waals surface area contributed by atoms with Crippen LogP contribution in [0, 0.1) is 11.6 Å². The molecule has 1 atom stereocenters. The van der Waals surface area contributed by atoms with E-state index >= 15 is 0 Å². The number of allylic oxidation sites excluding steroid dienone is 1. The zero-order chi connectivity index (χ0) is 13.1. The van der Waals surface area contributed by atoms with Crippen molar-refractivity contribution in [1.29, 1.82) is 0 Å². The fourth-order valence-electron chi connectivity index (χ4n) is 2.10. The maximum Gasteiger partial charge on any atom is 0.162 e. The highest BCUT2D eigenvalue weighted by Gasteiger charge is 2.22. The Bertz CT molecular complexity index is 509. The molecule has 0 saturated heterocycles. The minimum atomic E-state index is -0.961. The van der Waals surface area contributed by atoms with Gasteiger partial charge in [-0.25, -0.2) is 8.78 Å². The largest absolute Gasteiger partial charge is 0.382 e. The Kier molecular flexibility index (Phi) is 3.87. The van der Waals surface area contributed by atoms with E-state index in [0.717, 1.165) is 6.07 Å². The molecular weight excluding hydrogens is 236 g/mol. The van der Waals surface area contributed by atoms with Crippen molar-refractivity contribution in [2.45, 2.75) is 32.3 Å². The lowest BCUT2D eigenvalue weighted by atomic mass is 9.95. The van der Waals surface area contributed by atoms with E-state index in [1.54, 1.807) is 6.20 Å².